The van der Waals surface area contributed by atoms with Crippen LogP contribution in [0.25, 0.3) is 33.5 Å². The van der Waals surface area contributed by atoms with Gasteiger partial charge >= 0.3 is 5.97 Å². The lowest BCUT2D eigenvalue weighted by Gasteiger charge is -2.12. The van der Waals surface area contributed by atoms with Crippen molar-refractivity contribution in [3.63, 3.8) is 0 Å². The summed E-state index contributed by atoms with van der Waals surface area (Å²) >= 11 is 0. The number of imidazole rings is 1. The topological polar surface area (TPSA) is 108 Å². The van der Waals surface area contributed by atoms with Crippen LogP contribution in [0.15, 0.2) is 66.5 Å². The molecule has 0 saturated carbocycles. The first-order valence-corrected chi connectivity index (χ1v) is 10.6. The van der Waals surface area contributed by atoms with Crippen LogP contribution < -0.4 is 4.74 Å². The third kappa shape index (κ3) is 4.35. The molecule has 0 saturated heterocycles. The van der Waals surface area contributed by atoms with Crippen molar-refractivity contribution in [1.29, 1.82) is 0 Å². The maximum Gasteiger partial charge on any atom is 0.340 e. The van der Waals surface area contributed by atoms with Crippen LogP contribution >= 0.6 is 0 Å². The number of rotatable bonds is 8. The second-order valence-corrected chi connectivity index (χ2v) is 6.90. The Morgan fingerprint density at radius 2 is 1.89 bits per heavy atom. The van der Waals surface area contributed by atoms with E-state index in [1.54, 1.807) is 13.8 Å². The summed E-state index contributed by atoms with van der Waals surface area (Å²) in [7, 11) is 0. The quantitative estimate of drug-likeness (QED) is 0.327. The largest absolute Gasteiger partial charge is 0.465 e. The number of hydrogen-bond donors (Lipinski definition) is 1. The van der Waals surface area contributed by atoms with E-state index in [0.29, 0.717) is 0 Å². The molecule has 0 radical (unpaired) electrons. The summed E-state index contributed by atoms with van der Waals surface area (Å²) in [4.78, 5) is 17.2. The monoisotopic (exact) mass is 478 g/mol. The van der Waals surface area contributed by atoms with Gasteiger partial charge in [0.2, 0.25) is 5.82 Å². The lowest BCUT2D eigenvalue weighted by molar-refractivity contribution is 0.0528. The molecule has 0 aliphatic carbocycles. The molecule has 3 aromatic carbocycles. The minimum atomic E-state index is -2.92. The van der Waals surface area contributed by atoms with Crippen molar-refractivity contribution in [3.8, 4) is 28.5 Å². The van der Waals surface area contributed by atoms with Gasteiger partial charge in [0.15, 0.2) is 0 Å². The lowest BCUT2D eigenvalue weighted by atomic mass is 9.98. The van der Waals surface area contributed by atoms with Crippen molar-refractivity contribution in [1.82, 2.24) is 30.2 Å². The van der Waals surface area contributed by atoms with Crippen LogP contribution in [0.5, 0.6) is 6.01 Å². The van der Waals surface area contributed by atoms with Gasteiger partial charge in [0, 0.05) is 5.56 Å². The summed E-state index contributed by atoms with van der Waals surface area (Å²) < 4.78 is 99.0. The SMILES string of the molecule is [2H]c1c([2H])c([2H])c(-c2c([2H])c([2H])c(C([2H])([2H])n3c(OCC)nc4cccc(C(=O)OCC)c43)c([2H])c2[2H])c(-c2nn[nH]n2)c1[2H]. The molecule has 9 nitrogen and oxygen atoms in total. The molecule has 0 amide bonds. The van der Waals surface area contributed by atoms with Crippen LogP contribution in [-0.4, -0.2) is 49.4 Å². The molecule has 0 aliphatic rings. The summed E-state index contributed by atoms with van der Waals surface area (Å²) in [6, 6.07) is -1.88. The number of para-hydroxylation sites is 1. The Balaban J connectivity index is 1.86. The van der Waals surface area contributed by atoms with Gasteiger partial charge < -0.3 is 9.47 Å². The molecule has 1 N–H and O–H groups in total. The number of tetrazole rings is 1. The van der Waals surface area contributed by atoms with E-state index in [1.165, 1.54) is 18.2 Å². The average Bonchev–Trinajstić information content (AvgIpc) is 3.66. The van der Waals surface area contributed by atoms with Crippen LogP contribution in [-0.2, 0) is 11.2 Å². The van der Waals surface area contributed by atoms with Crippen LogP contribution in [0, 0.1) is 0 Å². The molecule has 0 bridgehead atoms. The predicted octanol–water partition coefficient (Wildman–Crippen LogP) is 4.51. The third-order valence-electron chi connectivity index (χ3n) is 4.77. The van der Waals surface area contributed by atoms with Gasteiger partial charge in [-0.15, -0.1) is 10.2 Å². The van der Waals surface area contributed by atoms with Gasteiger partial charge in [-0.05, 0) is 47.9 Å². The highest BCUT2D eigenvalue weighted by atomic mass is 16.5. The number of esters is 1. The van der Waals surface area contributed by atoms with Crippen molar-refractivity contribution < 1.29 is 28.0 Å². The number of aromatic amines is 1. The van der Waals surface area contributed by atoms with Crippen LogP contribution in [0.3, 0.4) is 0 Å². The molecule has 0 fully saturated rings. The summed E-state index contributed by atoms with van der Waals surface area (Å²) in [5, 5.41) is 13.2. The van der Waals surface area contributed by atoms with E-state index in [1.807, 2.05) is 0 Å². The maximum atomic E-state index is 12.9. The standard InChI is InChI=1S/C26H24N6O3/c1-3-34-25(33)21-10-7-11-22-23(21)32(26(27-22)35-4-2)16-17-12-14-18(15-13-17)19-8-5-6-9-20(19)24-28-30-31-29-24/h5-15H,3-4,16H2,1-2H3,(H,28,29,30,31)/i5D,6D,8D,9D,12D,13D,14D,15D,16D2. The maximum absolute atomic E-state index is 12.9. The van der Waals surface area contributed by atoms with Gasteiger partial charge in [0.1, 0.15) is 0 Å². The second kappa shape index (κ2) is 9.76. The number of hydrogen-bond acceptors (Lipinski definition) is 7. The zero-order chi connectivity index (χ0) is 33.0. The van der Waals surface area contributed by atoms with Crippen LogP contribution in [0.4, 0.5) is 0 Å². The fraction of sp³-hybridized carbons (Fsp3) is 0.192. The van der Waals surface area contributed by atoms with Gasteiger partial charge in [0.05, 0.1) is 50.0 Å². The highest BCUT2D eigenvalue weighted by Gasteiger charge is 2.20. The molecule has 0 unspecified atom stereocenters. The van der Waals surface area contributed by atoms with E-state index in [2.05, 4.69) is 25.6 Å². The van der Waals surface area contributed by atoms with Gasteiger partial charge in [-0.2, -0.15) is 10.2 Å². The first-order chi connectivity index (χ1) is 21.3. The number of fused-ring (bicyclic) bond motifs is 1. The van der Waals surface area contributed by atoms with Crippen molar-refractivity contribution in [2.75, 3.05) is 13.2 Å². The van der Waals surface area contributed by atoms with Crippen LogP contribution in [0.1, 0.15) is 43.5 Å². The van der Waals surface area contributed by atoms with E-state index in [-0.39, 0.29) is 47.2 Å². The molecule has 176 valence electrons. The number of benzene rings is 3. The average molecular weight is 479 g/mol. The Morgan fingerprint density at radius 1 is 1.09 bits per heavy atom. The molecule has 2 heterocycles. The van der Waals surface area contributed by atoms with Gasteiger partial charge in [-0.25, -0.2) is 4.79 Å². The zero-order valence-corrected chi connectivity index (χ0v) is 18.6. The van der Waals surface area contributed by atoms with Gasteiger partial charge in [-0.3, -0.25) is 4.57 Å². The van der Waals surface area contributed by atoms with Gasteiger partial charge in [-0.1, -0.05) is 54.4 Å². The Hall–Kier alpha value is -4.53. The fourth-order valence-electron chi connectivity index (χ4n) is 3.35. The minimum absolute atomic E-state index is 0.0271. The molecule has 0 spiro atoms. The third-order valence-corrected chi connectivity index (χ3v) is 4.77. The van der Waals surface area contributed by atoms with Crippen molar-refractivity contribution in [2.45, 2.75) is 20.3 Å². The molecule has 2 aromatic heterocycles. The number of nitrogens with one attached hydrogen (secondary N) is 1. The summed E-state index contributed by atoms with van der Waals surface area (Å²) in [5.41, 5.74) is -2.05. The number of carbonyl (C=O) groups excluding carboxylic acids is 1. The minimum Gasteiger partial charge on any atom is -0.465 e. The highest BCUT2D eigenvalue weighted by molar-refractivity contribution is 6.02. The Kier molecular flexibility index (Phi) is 3.73. The number of ether oxygens (including phenoxy) is 2. The predicted molar refractivity (Wildman–Crippen MR) is 131 cm³/mol. The number of carbonyl (C=O) groups is 1. The molecule has 5 rings (SSSR count). The van der Waals surface area contributed by atoms with Gasteiger partial charge in [0.25, 0.3) is 6.01 Å². The highest BCUT2D eigenvalue weighted by Crippen LogP contribution is 2.31. The zero-order valence-electron chi connectivity index (χ0n) is 28.6. The smallest absolute Gasteiger partial charge is 0.340 e. The molecule has 0 aliphatic heterocycles. The van der Waals surface area contributed by atoms with Crippen molar-refractivity contribution in [2.24, 2.45) is 0 Å². The molecule has 35 heavy (non-hydrogen) atoms. The second-order valence-electron chi connectivity index (χ2n) is 6.90. The Bertz CT molecular complexity index is 1950. The normalized spacial score (nSPS) is 15.5. The van der Waals surface area contributed by atoms with Crippen molar-refractivity contribution in [3.05, 3.63) is 77.7 Å². The lowest BCUT2D eigenvalue weighted by Crippen LogP contribution is -2.10. The number of H-pyrrole nitrogens is 1. The van der Waals surface area contributed by atoms with E-state index in [0.717, 1.165) is 4.57 Å². The van der Waals surface area contributed by atoms with E-state index in [4.69, 9.17) is 20.4 Å². The summed E-state index contributed by atoms with van der Waals surface area (Å²) in [6.45, 7) is 0.359. The summed E-state index contributed by atoms with van der Waals surface area (Å²) in [5.74, 6) is -1.07. The number of nitrogens with zero attached hydrogens (tertiary/aromatic N) is 5. The molecule has 5 aromatic rings. The Morgan fingerprint density at radius 3 is 2.60 bits per heavy atom. The van der Waals surface area contributed by atoms with Crippen LogP contribution in [0.2, 0.25) is 0 Å². The Labute approximate surface area is 215 Å². The first-order valence-electron chi connectivity index (χ1n) is 15.6. The van der Waals surface area contributed by atoms with E-state index >= 15 is 0 Å². The molecular weight excluding hydrogens is 444 g/mol. The van der Waals surface area contributed by atoms with Crippen molar-refractivity contribution >= 4 is 17.0 Å². The first kappa shape index (κ1) is 13.4. The fourth-order valence-corrected chi connectivity index (χ4v) is 3.35. The van der Waals surface area contributed by atoms with E-state index in [9.17, 15) is 7.54 Å². The van der Waals surface area contributed by atoms with E-state index < -0.39 is 77.5 Å². The number of aromatic nitrogens is 6. The summed E-state index contributed by atoms with van der Waals surface area (Å²) in [6.07, 6.45) is 0. The molecule has 0 atom stereocenters. The molecular formula is C26H24N6O3. The molecule has 9 heteroatoms.